The number of nitrogens with two attached hydrogens (primary N) is 3. The molecule has 45 heteroatoms. The second-order valence-corrected chi connectivity index (χ2v) is 36.4. The van der Waals surface area contributed by atoms with E-state index >= 15 is 38.4 Å². The van der Waals surface area contributed by atoms with Crippen molar-refractivity contribution < 1.29 is 112 Å². The van der Waals surface area contributed by atoms with Gasteiger partial charge in [0.05, 0.1) is 49.4 Å². The minimum Gasteiger partial charge on any atom is -0.508 e. The molecule has 3 saturated heterocycles. The average Bonchev–Trinajstić information content (AvgIpc) is 1.75. The molecule has 0 aliphatic carbocycles. The van der Waals surface area contributed by atoms with Crippen molar-refractivity contribution in [1.82, 2.24) is 92.3 Å². The summed E-state index contributed by atoms with van der Waals surface area (Å²) in [4.78, 5) is 296. The zero-order valence-corrected chi connectivity index (χ0v) is 79.6. The number of amides is 15. The Bertz CT molecular complexity index is 5360. The number of ketones is 2. The van der Waals surface area contributed by atoms with Gasteiger partial charge < -0.3 is 125 Å². The first-order valence-corrected chi connectivity index (χ1v) is 47.9. The molecule has 3 aromatic heterocycles. The van der Waals surface area contributed by atoms with Crippen molar-refractivity contribution >= 4 is 146 Å². The van der Waals surface area contributed by atoms with Gasteiger partial charge in [-0.25, -0.2) is 4.98 Å². The SMILES string of the molecule is CCCC[C@H]1C(=O)N(C)[C@@H](CCCC)C(=O)N[C@@H](CCC(=O)O)C(=O)N[C@H](C(=O)NCC(N)=O)CSCC(=O)N[C@@H](Cc2ccc(O)cc2)C(=O)N(C)[C@@H](C)C(=O)N[C@@H](CC(=O)O)C(=O)N2CCC[C@H]2C(=O)N[C@@H](Cc2c[nH]cn2)C(=O)N[C@@H](CCC(=O)CN)C(=O)N2C[C@H](O)C[C@H]2C(=O)C[C@@H](Cc2c[nH]c3ccccc23)C(=O)N[C@@H](CCCCN)C(=O)N[C@@H](Cc2c[nH]c3ccccc23)C(=O)N1C. The van der Waals surface area contributed by atoms with Crippen LogP contribution in [0, 0.1) is 5.92 Å². The maximum Gasteiger partial charge on any atom is 0.305 e. The Hall–Kier alpha value is -13.7. The lowest BCUT2D eigenvalue weighted by atomic mass is 9.90. The highest BCUT2D eigenvalue weighted by Crippen LogP contribution is 2.31. The Morgan fingerprint density at radius 2 is 1.11 bits per heavy atom. The minimum absolute atomic E-state index is 0.0273. The van der Waals surface area contributed by atoms with E-state index in [0.717, 1.165) is 31.5 Å². The van der Waals surface area contributed by atoms with Crippen LogP contribution in [0.4, 0.5) is 0 Å². The number of hydrogen-bond donors (Lipinski definition) is 19. The molecule has 754 valence electrons. The van der Waals surface area contributed by atoms with Crippen molar-refractivity contribution in [1.29, 1.82) is 0 Å². The number of para-hydroxylation sites is 2. The van der Waals surface area contributed by atoms with Crippen LogP contribution < -0.4 is 65.1 Å². The molecular formula is C94H129N21O23S. The minimum atomic E-state index is -1.95. The summed E-state index contributed by atoms with van der Waals surface area (Å²) in [5, 5.41) is 66.9. The van der Waals surface area contributed by atoms with E-state index in [1.807, 2.05) is 6.92 Å². The molecular weight excluding hydrogens is 1820 g/mol. The Balaban J connectivity index is 1.12. The highest BCUT2D eigenvalue weighted by molar-refractivity contribution is 8.00. The summed E-state index contributed by atoms with van der Waals surface area (Å²) in [5.41, 5.74) is 20.2. The first kappa shape index (κ1) is 109. The number of aliphatic hydroxyl groups is 1. The summed E-state index contributed by atoms with van der Waals surface area (Å²) < 4.78 is 0. The normalized spacial score (nSPS) is 24.4. The van der Waals surface area contributed by atoms with Crippen LogP contribution in [0.2, 0.25) is 0 Å². The number of rotatable bonds is 30. The zero-order chi connectivity index (χ0) is 101. The van der Waals surface area contributed by atoms with E-state index in [0.29, 0.717) is 75.9 Å². The lowest BCUT2D eigenvalue weighted by Gasteiger charge is -2.36. The number of Topliss-reactive ketones (excluding diaryl/α,β-unsaturated/α-hetero) is 2. The molecule has 0 unspecified atom stereocenters. The fourth-order valence-corrected chi connectivity index (χ4v) is 18.2. The molecule has 6 aromatic rings. The number of likely N-dealkylation sites (N-methyl/N-ethyl adjacent to an activating group) is 3. The number of phenols is 1. The van der Waals surface area contributed by atoms with E-state index in [1.165, 1.54) is 57.8 Å². The molecule has 3 aliphatic rings. The van der Waals surface area contributed by atoms with Crippen molar-refractivity contribution in [3.05, 3.63) is 120 Å². The second-order valence-electron chi connectivity index (χ2n) is 35.4. The molecule has 3 aliphatic heterocycles. The van der Waals surface area contributed by atoms with E-state index < -0.39 is 285 Å². The number of carboxylic acid groups (broad SMARTS) is 2. The Labute approximate surface area is 806 Å². The van der Waals surface area contributed by atoms with Crippen molar-refractivity contribution in [2.45, 2.75) is 247 Å². The predicted molar refractivity (Wildman–Crippen MR) is 507 cm³/mol. The van der Waals surface area contributed by atoms with E-state index in [9.17, 15) is 73.2 Å². The lowest BCUT2D eigenvalue weighted by Crippen LogP contribution is -2.60. The number of phenolic OH excluding ortho intramolecular Hbond substituents is 1. The van der Waals surface area contributed by atoms with Crippen LogP contribution in [-0.4, -0.2) is 327 Å². The molecule has 44 nitrogen and oxygen atoms in total. The summed E-state index contributed by atoms with van der Waals surface area (Å²) in [7, 11) is 3.82. The Morgan fingerprint density at radius 1 is 0.540 bits per heavy atom. The van der Waals surface area contributed by atoms with Crippen LogP contribution >= 0.6 is 11.8 Å². The van der Waals surface area contributed by atoms with Crippen molar-refractivity contribution in [3.63, 3.8) is 0 Å². The highest BCUT2D eigenvalue weighted by atomic mass is 32.2. The number of nitrogens with zero attached hydrogens (tertiary/aromatic N) is 6. The van der Waals surface area contributed by atoms with Gasteiger partial charge in [-0.3, -0.25) is 91.1 Å². The number of carboxylic acids is 2. The van der Waals surface area contributed by atoms with Gasteiger partial charge >= 0.3 is 11.9 Å². The lowest BCUT2D eigenvalue weighted by molar-refractivity contribution is -0.149. The van der Waals surface area contributed by atoms with E-state index in [1.54, 1.807) is 67.8 Å². The number of nitrogens with one attached hydrogen (secondary N) is 12. The summed E-state index contributed by atoms with van der Waals surface area (Å²) in [6.07, 6.45) is 0.812. The number of aromatic hydroxyl groups is 1. The van der Waals surface area contributed by atoms with Crippen LogP contribution in [-0.2, 0) is 117 Å². The standard InChI is InChI=1S/C94H129N21O23S/c1-7-9-23-73-88(132)105-66(32-33-80(122)123)86(130)110-72(84(128)101-47-78(97)120)49-139-50-79(121)103-69(36-53-26-28-58(116)29-27-53)90(134)111(4)52(3)82(126)108-71(42-81(124)125)93(137)114-35-17-25-74(114)89(133)107-68(40-57-46-98-51-102-57)87(131)106-67(31-30-59(117)43-96)92(136)115-48-60(118)41-76(115)77(119)39-54(37-55-44-99-63-20-13-11-18-61(55)63)83(127)104-65(22-15-16-34-95)85(129)109-70(38-56-45-100-64-21-14-12-19-62(56)64)91(135)113(6)75(24-10-8-2)94(138)112(73)5/h11-14,18-21,26-29,44-46,51-52,54,60,65-76,99-100,116,118H,7-10,15-17,22-25,30-43,47-50,95-96H2,1-6H3,(H2,97,120)(H,98,102)(H,101,128)(H,103,121)(H,104,127)(H,105,132)(H,106,131)(H,107,133)(H,108,126)(H,109,129)(H,110,130)(H,122,123)(H,124,125)/t52-,54+,60+,65-,66-,67-,68-,69-,70-,71-,72-,73-,74-,75-,76-/m0/s1. The molecule has 15 atom stereocenters. The smallest absolute Gasteiger partial charge is 0.305 e. The maximum atomic E-state index is 15.9. The number of imidazole rings is 1. The van der Waals surface area contributed by atoms with E-state index in [4.69, 9.17) is 17.2 Å². The number of fused-ring (bicyclic) bond motifs is 4. The number of benzene rings is 3. The van der Waals surface area contributed by atoms with Crippen molar-refractivity contribution in [2.75, 3.05) is 65.4 Å². The molecule has 0 bridgehead atoms. The molecule has 0 saturated carbocycles. The molecule has 139 heavy (non-hydrogen) atoms. The van der Waals surface area contributed by atoms with Gasteiger partial charge in [-0.1, -0.05) is 88.1 Å². The fraction of sp³-hybridized carbons (Fsp3) is 0.532. The van der Waals surface area contributed by atoms with Crippen LogP contribution in [0.25, 0.3) is 21.8 Å². The van der Waals surface area contributed by atoms with Gasteiger partial charge in [-0.2, -0.15) is 0 Å². The van der Waals surface area contributed by atoms with Gasteiger partial charge in [0, 0.05) is 131 Å². The summed E-state index contributed by atoms with van der Waals surface area (Å²) >= 11 is 0.696. The maximum absolute atomic E-state index is 15.9. The van der Waals surface area contributed by atoms with Gasteiger partial charge in [0.25, 0.3) is 0 Å². The van der Waals surface area contributed by atoms with Crippen LogP contribution in [0.3, 0.4) is 0 Å². The number of carbonyl (C=O) groups excluding carboxylic acids is 17. The predicted octanol–water partition coefficient (Wildman–Crippen LogP) is -1.24. The Kier molecular flexibility index (Phi) is 41.3. The molecule has 22 N–H and O–H groups in total. The summed E-state index contributed by atoms with van der Waals surface area (Å²) in [6, 6.07) is -1.33. The molecule has 15 amide bonds. The van der Waals surface area contributed by atoms with Crippen LogP contribution in [0.1, 0.15) is 159 Å². The molecule has 3 fully saturated rings. The molecule has 6 heterocycles. The third-order valence-corrected chi connectivity index (χ3v) is 26.3. The van der Waals surface area contributed by atoms with Crippen molar-refractivity contribution in [2.24, 2.45) is 23.1 Å². The number of aromatic nitrogens is 4. The summed E-state index contributed by atoms with van der Waals surface area (Å²) in [6.45, 7) is 2.99. The average molecular weight is 1950 g/mol. The fourth-order valence-electron chi connectivity index (χ4n) is 17.3. The molecule has 0 radical (unpaired) electrons. The van der Waals surface area contributed by atoms with E-state index in [2.05, 4.69) is 67.8 Å². The third kappa shape index (κ3) is 30.9. The van der Waals surface area contributed by atoms with Gasteiger partial charge in [0.1, 0.15) is 84.0 Å². The van der Waals surface area contributed by atoms with E-state index in [-0.39, 0.29) is 88.7 Å². The molecule has 9 rings (SSSR count). The number of H-pyrrole nitrogens is 3. The number of hydrogen-bond acceptors (Lipinski definition) is 25. The van der Waals surface area contributed by atoms with Crippen molar-refractivity contribution in [3.8, 4) is 5.75 Å². The quantitative estimate of drug-likeness (QED) is 0.0235. The van der Waals surface area contributed by atoms with Gasteiger partial charge in [-0.15, -0.1) is 11.8 Å². The first-order chi connectivity index (χ1) is 66.3. The van der Waals surface area contributed by atoms with Gasteiger partial charge in [-0.05, 0) is 119 Å². The monoisotopic (exact) mass is 1950 g/mol. The highest BCUT2D eigenvalue weighted by Gasteiger charge is 2.47. The summed E-state index contributed by atoms with van der Waals surface area (Å²) in [5.74, 6) is -21.8. The molecule has 0 spiro atoms. The number of unbranched alkanes of at least 4 members (excludes halogenated alkanes) is 3. The number of aliphatic hydroxyl groups excluding tert-OH is 1. The van der Waals surface area contributed by atoms with Gasteiger partial charge in [0.2, 0.25) is 88.6 Å². The number of primary amides is 1. The van der Waals surface area contributed by atoms with Crippen LogP contribution in [0.5, 0.6) is 5.75 Å². The first-order valence-electron chi connectivity index (χ1n) is 46.7. The number of aliphatic carboxylic acids is 2. The topological polar surface area (TPSA) is 668 Å². The zero-order valence-electron chi connectivity index (χ0n) is 78.8. The Morgan fingerprint density at radius 3 is 1.73 bits per heavy atom. The largest absolute Gasteiger partial charge is 0.508 e. The molecule has 3 aromatic carbocycles. The van der Waals surface area contributed by atoms with Gasteiger partial charge in [0.15, 0.2) is 5.78 Å². The second kappa shape index (κ2) is 52.7. The number of thioether (sulfide) groups is 1. The van der Waals surface area contributed by atoms with Crippen LogP contribution in [0.15, 0.2) is 97.7 Å². The number of carbonyl (C=O) groups is 19. The third-order valence-electron chi connectivity index (χ3n) is 25.2. The number of aromatic amines is 3.